The number of nitrogens with zero attached hydrogens (tertiary/aromatic N) is 1. The molecule has 0 rings (SSSR count). The fourth-order valence-corrected chi connectivity index (χ4v) is 1.80. The van der Waals surface area contributed by atoms with Crippen molar-refractivity contribution in [2.45, 2.75) is 11.0 Å². The maximum absolute atomic E-state index is 4.18. The average molecular weight is 291 g/mol. The van der Waals surface area contributed by atoms with Crippen molar-refractivity contribution in [3.63, 3.8) is 0 Å². The van der Waals surface area contributed by atoms with Gasteiger partial charge in [-0.3, -0.25) is 4.90 Å². The fourth-order valence-electron chi connectivity index (χ4n) is 0.724. The lowest BCUT2D eigenvalue weighted by Crippen LogP contribution is -2.32. The molecule has 0 saturated heterocycles. The van der Waals surface area contributed by atoms with Gasteiger partial charge >= 0.3 is 0 Å². The van der Waals surface area contributed by atoms with E-state index in [1.807, 2.05) is 0 Å². The van der Waals surface area contributed by atoms with Gasteiger partial charge < -0.3 is 0 Å². The zero-order valence-electron chi connectivity index (χ0n) is 6.13. The van der Waals surface area contributed by atoms with Gasteiger partial charge in [-0.2, -0.15) is 25.3 Å². The van der Waals surface area contributed by atoms with Crippen LogP contribution >= 0.6 is 47.8 Å². The third-order valence-corrected chi connectivity index (χ3v) is 2.47. The molecule has 0 spiro atoms. The number of thiol groups is 2. The number of alkyl halides is 1. The molecule has 0 aliphatic rings. The third-order valence-electron chi connectivity index (χ3n) is 1.28. The normalized spacial score (nSPS) is 14.1. The van der Waals surface area contributed by atoms with Gasteiger partial charge in [0.25, 0.3) is 0 Å². The molecular weight excluding hydrogens is 277 g/mol. The van der Waals surface area contributed by atoms with Crippen LogP contribution in [0, 0.1) is 0 Å². The summed E-state index contributed by atoms with van der Waals surface area (Å²) in [4.78, 5) is 2.36. The van der Waals surface area contributed by atoms with Crippen molar-refractivity contribution in [1.82, 2.24) is 4.90 Å². The van der Waals surface area contributed by atoms with Gasteiger partial charge in [-0.1, -0.05) is 22.6 Å². The quantitative estimate of drug-likeness (QED) is 0.339. The predicted octanol–water partition coefficient (Wildman–Crippen LogP) is 1.93. The van der Waals surface area contributed by atoms with Crippen LogP contribution in [0.5, 0.6) is 0 Å². The molecule has 4 heteroatoms. The first-order valence-corrected chi connectivity index (χ1v) is 5.83. The second kappa shape index (κ2) is 7.06. The molecule has 0 radical (unpaired) electrons. The van der Waals surface area contributed by atoms with E-state index in [1.54, 1.807) is 0 Å². The van der Waals surface area contributed by atoms with E-state index >= 15 is 0 Å². The predicted molar refractivity (Wildman–Crippen MR) is 62.8 cm³/mol. The highest BCUT2D eigenvalue weighted by Gasteiger charge is 2.06. The minimum atomic E-state index is 0.594. The minimum Gasteiger partial charge on any atom is -0.290 e. The highest BCUT2D eigenvalue weighted by Crippen LogP contribution is 2.06. The molecule has 0 aromatic rings. The van der Waals surface area contributed by atoms with Gasteiger partial charge in [0.1, 0.15) is 0 Å². The lowest BCUT2D eigenvalue weighted by atomic mass is 10.5. The zero-order valence-corrected chi connectivity index (χ0v) is 10.1. The monoisotopic (exact) mass is 291 g/mol. The van der Waals surface area contributed by atoms with E-state index in [0.29, 0.717) is 4.05 Å². The molecule has 0 aliphatic heterocycles. The smallest absolute Gasteiger partial charge is 0.0590 e. The number of halogens is 1. The van der Waals surface area contributed by atoms with Crippen LogP contribution in [-0.4, -0.2) is 33.5 Å². The van der Waals surface area contributed by atoms with Crippen LogP contribution in [0.25, 0.3) is 0 Å². The van der Waals surface area contributed by atoms with Crippen molar-refractivity contribution in [3.05, 3.63) is 0 Å². The Labute approximate surface area is 87.9 Å². The Morgan fingerprint density at radius 1 is 1.30 bits per heavy atom. The first kappa shape index (κ1) is 11.4. The first-order valence-electron chi connectivity index (χ1n) is 3.32. The van der Waals surface area contributed by atoms with E-state index in [2.05, 4.69) is 59.7 Å². The topological polar surface area (TPSA) is 3.24 Å². The van der Waals surface area contributed by atoms with Crippen molar-refractivity contribution in [1.29, 1.82) is 0 Å². The molecule has 0 aliphatic carbocycles. The summed E-state index contributed by atoms with van der Waals surface area (Å²) in [5, 5.41) is 0. The molecule has 0 saturated carbocycles. The Morgan fingerprint density at radius 2 is 1.70 bits per heavy atom. The van der Waals surface area contributed by atoms with Crippen LogP contribution < -0.4 is 0 Å². The van der Waals surface area contributed by atoms with Crippen molar-refractivity contribution in [3.8, 4) is 0 Å². The number of rotatable bonds is 5. The highest BCUT2D eigenvalue weighted by atomic mass is 127. The summed E-state index contributed by atoms with van der Waals surface area (Å²) in [7, 11) is 0. The molecule has 0 amide bonds. The van der Waals surface area contributed by atoms with E-state index in [1.165, 1.54) is 0 Å². The molecule has 1 unspecified atom stereocenters. The molecule has 0 bridgehead atoms. The van der Waals surface area contributed by atoms with Crippen LogP contribution in [0.2, 0.25) is 0 Å². The molecular formula is C6H14INS2. The molecule has 1 atom stereocenters. The fraction of sp³-hybridized carbons (Fsp3) is 1.00. The van der Waals surface area contributed by atoms with Gasteiger partial charge in [-0.15, -0.1) is 0 Å². The lowest BCUT2D eigenvalue weighted by molar-refractivity contribution is 0.314. The Hall–Kier alpha value is 1.39. The summed E-state index contributed by atoms with van der Waals surface area (Å²) in [5.41, 5.74) is 0. The zero-order chi connectivity index (χ0) is 7.98. The summed E-state index contributed by atoms with van der Waals surface area (Å²) in [6.07, 6.45) is 0. The molecule has 62 valence electrons. The van der Waals surface area contributed by atoms with E-state index < -0.39 is 0 Å². The molecule has 0 fully saturated rings. The maximum atomic E-state index is 4.18. The molecule has 0 aromatic heterocycles. The summed E-state index contributed by atoms with van der Waals surface area (Å²) in [6, 6.07) is 0. The molecule has 0 aromatic carbocycles. The van der Waals surface area contributed by atoms with Crippen molar-refractivity contribution in [2.24, 2.45) is 0 Å². The van der Waals surface area contributed by atoms with Crippen LogP contribution in [0.1, 0.15) is 6.92 Å². The molecule has 0 heterocycles. The van der Waals surface area contributed by atoms with E-state index in [0.717, 1.165) is 24.6 Å². The summed E-state index contributed by atoms with van der Waals surface area (Å²) in [6.45, 7) is 4.31. The second-order valence-electron chi connectivity index (χ2n) is 2.06. The van der Waals surface area contributed by atoms with Crippen molar-refractivity contribution < 1.29 is 0 Å². The Balaban J connectivity index is 3.50. The number of hydrogen-bond donors (Lipinski definition) is 2. The lowest BCUT2D eigenvalue weighted by Gasteiger charge is -2.23. The summed E-state index contributed by atoms with van der Waals surface area (Å²) < 4.78 is 0.594. The van der Waals surface area contributed by atoms with Crippen molar-refractivity contribution in [2.75, 3.05) is 24.6 Å². The van der Waals surface area contributed by atoms with E-state index in [4.69, 9.17) is 0 Å². The number of hydrogen-bond acceptors (Lipinski definition) is 3. The van der Waals surface area contributed by atoms with Crippen molar-refractivity contribution >= 4 is 47.8 Å². The second-order valence-corrected chi connectivity index (χ2v) is 4.75. The van der Waals surface area contributed by atoms with Gasteiger partial charge in [-0.25, -0.2) is 0 Å². The molecule has 0 N–H and O–H groups in total. The SMILES string of the molecule is CC(I)N(CCS)CCS. The molecule has 1 nitrogen and oxygen atoms in total. The standard InChI is InChI=1S/C6H14INS2/c1-6(7)8(2-4-9)3-5-10/h6,9-10H,2-5H2,1H3. The Morgan fingerprint density at radius 3 is 1.90 bits per heavy atom. The Bertz CT molecular complexity index is 74.1. The van der Waals surface area contributed by atoms with Gasteiger partial charge in [0.05, 0.1) is 4.05 Å². The maximum Gasteiger partial charge on any atom is 0.0590 e. The minimum absolute atomic E-state index is 0.594. The highest BCUT2D eigenvalue weighted by molar-refractivity contribution is 14.1. The van der Waals surface area contributed by atoms with Gasteiger partial charge in [0, 0.05) is 24.6 Å². The summed E-state index contributed by atoms with van der Waals surface area (Å²) in [5.74, 6) is 1.86. The first-order chi connectivity index (χ1) is 4.72. The summed E-state index contributed by atoms with van der Waals surface area (Å²) >= 11 is 10.8. The van der Waals surface area contributed by atoms with Crippen LogP contribution in [-0.2, 0) is 0 Å². The van der Waals surface area contributed by atoms with Crippen LogP contribution in [0.15, 0.2) is 0 Å². The van der Waals surface area contributed by atoms with Gasteiger partial charge in [0.15, 0.2) is 0 Å². The van der Waals surface area contributed by atoms with Gasteiger partial charge in [-0.05, 0) is 6.92 Å². The van der Waals surface area contributed by atoms with Crippen LogP contribution in [0.3, 0.4) is 0 Å². The van der Waals surface area contributed by atoms with E-state index in [-0.39, 0.29) is 0 Å². The van der Waals surface area contributed by atoms with E-state index in [9.17, 15) is 0 Å². The average Bonchev–Trinajstić information content (AvgIpc) is 1.87. The Kier molecular flexibility index (Phi) is 8.04. The van der Waals surface area contributed by atoms with Crippen LogP contribution in [0.4, 0.5) is 0 Å². The largest absolute Gasteiger partial charge is 0.290 e. The van der Waals surface area contributed by atoms with Gasteiger partial charge in [0.2, 0.25) is 0 Å². The molecule has 10 heavy (non-hydrogen) atoms. The third kappa shape index (κ3) is 5.09.